The number of benzene rings is 1. The van der Waals surface area contributed by atoms with Crippen molar-refractivity contribution in [1.29, 1.82) is 0 Å². The fourth-order valence-electron chi connectivity index (χ4n) is 4.17. The number of likely N-dealkylation sites (tertiary alicyclic amines) is 1. The average molecular weight is 560 g/mol. The number of fused-ring (bicyclic) bond motifs is 4. The molecule has 0 spiro atoms. The van der Waals surface area contributed by atoms with Gasteiger partial charge in [0.15, 0.2) is 0 Å². The van der Waals surface area contributed by atoms with Crippen LogP contribution in [-0.2, 0) is 11.3 Å². The lowest BCUT2D eigenvalue weighted by molar-refractivity contribution is -0.118. The van der Waals surface area contributed by atoms with E-state index in [1.54, 1.807) is 6.07 Å². The maximum absolute atomic E-state index is 12.6. The van der Waals surface area contributed by atoms with Crippen molar-refractivity contribution in [2.75, 3.05) is 25.0 Å². The van der Waals surface area contributed by atoms with Gasteiger partial charge in [-0.2, -0.15) is 0 Å². The quantitative estimate of drug-likeness (QED) is 0.613. The first-order chi connectivity index (χ1) is 12.9. The van der Waals surface area contributed by atoms with Crippen molar-refractivity contribution >= 4 is 59.4 Å². The molecule has 8 heteroatoms. The van der Waals surface area contributed by atoms with Crippen LogP contribution >= 0.6 is 47.8 Å². The van der Waals surface area contributed by atoms with Crippen LogP contribution in [0.3, 0.4) is 0 Å². The Morgan fingerprint density at radius 2 is 1.85 bits per heavy atom. The fourth-order valence-corrected chi connectivity index (χ4v) is 6.63. The maximum Gasteiger partial charge on any atom is 0.250 e. The van der Waals surface area contributed by atoms with Gasteiger partial charge in [-0.25, -0.2) is 0 Å². The Bertz CT molecular complexity index is 936. The maximum atomic E-state index is 12.6. The molecule has 5 nitrogen and oxygen atoms in total. The molecule has 0 saturated carbocycles. The zero-order valence-electron chi connectivity index (χ0n) is 14.4. The van der Waals surface area contributed by atoms with E-state index in [2.05, 4.69) is 58.0 Å². The first-order valence-electron chi connectivity index (χ1n) is 8.77. The summed E-state index contributed by atoms with van der Waals surface area (Å²) >= 11 is 10.4. The molecule has 0 aliphatic carbocycles. The zero-order valence-corrected chi connectivity index (χ0v) is 19.2. The van der Waals surface area contributed by atoms with Crippen molar-refractivity contribution in [1.82, 2.24) is 9.47 Å². The monoisotopic (exact) mass is 557 g/mol. The summed E-state index contributed by atoms with van der Waals surface area (Å²) in [7, 11) is 0. The number of halogens is 3. The van der Waals surface area contributed by atoms with E-state index in [9.17, 15) is 9.59 Å². The molecule has 142 valence electrons. The van der Waals surface area contributed by atoms with Crippen molar-refractivity contribution < 1.29 is 4.79 Å². The van der Waals surface area contributed by atoms with E-state index in [1.165, 1.54) is 0 Å². The summed E-state index contributed by atoms with van der Waals surface area (Å²) in [6, 6.07) is 9.31. The molecule has 4 rings (SSSR count). The molecule has 2 aliphatic heterocycles. The van der Waals surface area contributed by atoms with Gasteiger partial charge < -0.3 is 9.88 Å². The largest absolute Gasteiger partial charge is 0.323 e. The Hall–Kier alpha value is -0.960. The van der Waals surface area contributed by atoms with Gasteiger partial charge in [0.05, 0.1) is 12.2 Å². The van der Waals surface area contributed by atoms with Crippen LogP contribution in [0.5, 0.6) is 0 Å². The van der Waals surface area contributed by atoms with Gasteiger partial charge in [-0.15, -0.1) is 0 Å². The first-order valence-corrected chi connectivity index (χ1v) is 11.1. The van der Waals surface area contributed by atoms with Crippen molar-refractivity contribution in [2.24, 2.45) is 5.92 Å². The van der Waals surface area contributed by atoms with Crippen LogP contribution in [-0.4, -0.2) is 35.0 Å². The summed E-state index contributed by atoms with van der Waals surface area (Å²) in [6.45, 7) is 2.73. The van der Waals surface area contributed by atoms with Gasteiger partial charge in [0.1, 0.15) is 0 Å². The summed E-state index contributed by atoms with van der Waals surface area (Å²) in [5, 5.41) is 3.00. The molecule has 2 bridgehead atoms. The molecule has 2 aliphatic rings. The third kappa shape index (κ3) is 4.09. The van der Waals surface area contributed by atoms with Crippen molar-refractivity contribution in [3.63, 3.8) is 0 Å². The number of carbonyl (C=O) groups is 1. The molecule has 1 aromatic heterocycles. The molecule has 1 N–H and O–H groups in total. The third-order valence-corrected chi connectivity index (χ3v) is 6.90. The predicted molar refractivity (Wildman–Crippen MR) is 116 cm³/mol. The second-order valence-electron chi connectivity index (χ2n) is 7.18. The van der Waals surface area contributed by atoms with Gasteiger partial charge in [0, 0.05) is 50.7 Å². The van der Waals surface area contributed by atoms with E-state index < -0.39 is 0 Å². The van der Waals surface area contributed by atoms with Crippen LogP contribution in [0.2, 0.25) is 0 Å². The summed E-state index contributed by atoms with van der Waals surface area (Å²) in [6.07, 6.45) is 1.09. The van der Waals surface area contributed by atoms with Gasteiger partial charge in [0.2, 0.25) is 5.91 Å². The van der Waals surface area contributed by atoms with Gasteiger partial charge in [-0.1, -0.05) is 22.0 Å². The second kappa shape index (κ2) is 7.81. The topological polar surface area (TPSA) is 54.3 Å². The number of nitrogens with one attached hydrogen (secondary N) is 1. The number of nitrogens with zero attached hydrogens (tertiary/aromatic N) is 2. The van der Waals surface area contributed by atoms with Crippen LogP contribution < -0.4 is 10.9 Å². The lowest BCUT2D eigenvalue weighted by Gasteiger charge is -2.42. The molecule has 1 aromatic carbocycles. The van der Waals surface area contributed by atoms with E-state index in [-0.39, 0.29) is 11.5 Å². The van der Waals surface area contributed by atoms with Crippen LogP contribution in [0.25, 0.3) is 0 Å². The molecule has 1 fully saturated rings. The molecule has 1 amide bonds. The standard InChI is InChI=1S/C19H18Br3N3O2/c20-13-5-14(21)19(15(22)6-13)23-17(26)10-24-7-11-4-12(9-24)16-2-1-3-18(27)25(16)8-11/h1-3,5-6,11-12H,4,7-10H2,(H,23,26)/t11-,12+/m0/s1. The number of carbonyl (C=O) groups excluding carboxylic acids is 1. The lowest BCUT2D eigenvalue weighted by Crippen LogP contribution is -2.49. The predicted octanol–water partition coefficient (Wildman–Crippen LogP) is 4.19. The molecular weight excluding hydrogens is 542 g/mol. The minimum Gasteiger partial charge on any atom is -0.323 e. The molecular formula is C19H18Br3N3O2. The number of piperidine rings is 1. The minimum atomic E-state index is -0.0378. The Kier molecular flexibility index (Phi) is 5.60. The normalized spacial score (nSPS) is 21.6. The molecule has 0 unspecified atom stereocenters. The minimum absolute atomic E-state index is 0.0378. The van der Waals surface area contributed by atoms with Gasteiger partial charge in [-0.05, 0) is 62.4 Å². The molecule has 2 aromatic rings. The summed E-state index contributed by atoms with van der Waals surface area (Å²) in [5.41, 5.74) is 1.91. The Balaban J connectivity index is 1.46. The molecule has 27 heavy (non-hydrogen) atoms. The van der Waals surface area contributed by atoms with E-state index in [1.807, 2.05) is 28.8 Å². The van der Waals surface area contributed by atoms with Crippen molar-refractivity contribution in [3.05, 3.63) is 59.8 Å². The number of rotatable bonds is 3. The third-order valence-electron chi connectivity index (χ3n) is 5.19. The van der Waals surface area contributed by atoms with Crippen LogP contribution in [0, 0.1) is 5.92 Å². The average Bonchev–Trinajstić information content (AvgIpc) is 2.59. The van der Waals surface area contributed by atoms with Crippen molar-refractivity contribution in [3.8, 4) is 0 Å². The number of aromatic nitrogens is 1. The zero-order chi connectivity index (χ0) is 19.1. The number of pyridine rings is 1. The SMILES string of the molecule is O=C(CN1C[C@@H]2C[C@H](C1)c1cccc(=O)n1C2)Nc1c(Br)cc(Br)cc1Br. The highest BCUT2D eigenvalue weighted by Crippen LogP contribution is 2.36. The number of anilines is 1. The molecule has 2 atom stereocenters. The molecule has 0 radical (unpaired) electrons. The number of amides is 1. The van der Waals surface area contributed by atoms with Gasteiger partial charge >= 0.3 is 0 Å². The smallest absolute Gasteiger partial charge is 0.250 e. The summed E-state index contributed by atoms with van der Waals surface area (Å²) < 4.78 is 4.48. The lowest BCUT2D eigenvalue weighted by atomic mass is 9.83. The van der Waals surface area contributed by atoms with E-state index in [0.717, 1.165) is 50.9 Å². The van der Waals surface area contributed by atoms with E-state index >= 15 is 0 Å². The number of hydrogen-bond donors (Lipinski definition) is 1. The van der Waals surface area contributed by atoms with Crippen LogP contribution in [0.4, 0.5) is 5.69 Å². The summed E-state index contributed by atoms with van der Waals surface area (Å²) in [4.78, 5) is 27.0. The second-order valence-corrected chi connectivity index (χ2v) is 9.81. The Labute approximate surface area is 182 Å². The Morgan fingerprint density at radius 1 is 1.11 bits per heavy atom. The van der Waals surface area contributed by atoms with Crippen LogP contribution in [0.15, 0.2) is 48.5 Å². The van der Waals surface area contributed by atoms with E-state index in [4.69, 9.17) is 0 Å². The van der Waals surface area contributed by atoms with Crippen LogP contribution in [0.1, 0.15) is 18.0 Å². The van der Waals surface area contributed by atoms with Gasteiger partial charge in [0.25, 0.3) is 5.56 Å². The highest BCUT2D eigenvalue weighted by molar-refractivity contribution is 9.11. The highest BCUT2D eigenvalue weighted by atomic mass is 79.9. The number of hydrogen-bond acceptors (Lipinski definition) is 3. The van der Waals surface area contributed by atoms with Gasteiger partial charge in [-0.3, -0.25) is 14.5 Å². The van der Waals surface area contributed by atoms with Crippen molar-refractivity contribution in [2.45, 2.75) is 18.9 Å². The highest BCUT2D eigenvalue weighted by Gasteiger charge is 2.35. The first kappa shape index (κ1) is 19.4. The molecule has 1 saturated heterocycles. The molecule has 3 heterocycles. The Morgan fingerprint density at radius 3 is 2.59 bits per heavy atom. The van der Waals surface area contributed by atoms with E-state index in [0.29, 0.717) is 18.4 Å². The fraction of sp³-hybridized carbons (Fsp3) is 0.368. The summed E-state index contributed by atoms with van der Waals surface area (Å²) in [5.74, 6) is 0.685.